The van der Waals surface area contributed by atoms with Crippen LogP contribution in [0.15, 0.2) is 42.5 Å². The van der Waals surface area contributed by atoms with Gasteiger partial charge in [0.25, 0.3) is 0 Å². The molecule has 0 radical (unpaired) electrons. The lowest BCUT2D eigenvalue weighted by Gasteiger charge is -2.09. The van der Waals surface area contributed by atoms with E-state index in [1.807, 2.05) is 56.3 Å². The van der Waals surface area contributed by atoms with Crippen molar-refractivity contribution >= 4 is 5.97 Å². The topological polar surface area (TPSA) is 37.3 Å². The maximum absolute atomic E-state index is 11.3. The van der Waals surface area contributed by atoms with Crippen LogP contribution in [-0.2, 0) is 6.42 Å². The van der Waals surface area contributed by atoms with Crippen molar-refractivity contribution in [2.45, 2.75) is 20.3 Å². The zero-order valence-electron chi connectivity index (χ0n) is 10.6. The Hall–Kier alpha value is -2.09. The van der Waals surface area contributed by atoms with Crippen LogP contribution in [-0.4, -0.2) is 11.1 Å². The van der Waals surface area contributed by atoms with Crippen LogP contribution in [0.1, 0.15) is 32.6 Å². The summed E-state index contributed by atoms with van der Waals surface area (Å²) in [6, 6.07) is 13.8. The van der Waals surface area contributed by atoms with Crippen molar-refractivity contribution in [3.8, 4) is 0 Å². The minimum atomic E-state index is -0.852. The highest BCUT2D eigenvalue weighted by molar-refractivity contribution is 5.91. The van der Waals surface area contributed by atoms with Crippen LogP contribution in [0.25, 0.3) is 0 Å². The molecule has 0 bridgehead atoms. The Bertz CT molecular complexity index is 568. The number of carboxylic acid groups (broad SMARTS) is 1. The van der Waals surface area contributed by atoms with Crippen molar-refractivity contribution in [1.29, 1.82) is 0 Å². The zero-order valence-corrected chi connectivity index (χ0v) is 10.6. The molecule has 2 heteroatoms. The van der Waals surface area contributed by atoms with Crippen LogP contribution in [0.3, 0.4) is 0 Å². The Kier molecular flexibility index (Phi) is 3.47. The predicted octanol–water partition coefficient (Wildman–Crippen LogP) is 3.59. The zero-order chi connectivity index (χ0) is 13.1. The first-order chi connectivity index (χ1) is 8.58. The molecule has 0 amide bonds. The first-order valence-corrected chi connectivity index (χ1v) is 5.95. The summed E-state index contributed by atoms with van der Waals surface area (Å²) in [6.07, 6.45) is 0.656. The maximum atomic E-state index is 11.3. The number of carboxylic acids is 1. The van der Waals surface area contributed by atoms with Crippen molar-refractivity contribution < 1.29 is 9.90 Å². The van der Waals surface area contributed by atoms with E-state index in [2.05, 4.69) is 0 Å². The fourth-order valence-electron chi connectivity index (χ4n) is 2.11. The molecule has 0 aliphatic rings. The highest BCUT2D eigenvalue weighted by Gasteiger charge is 2.12. The molecular formula is C16H16O2. The van der Waals surface area contributed by atoms with Crippen LogP contribution in [0.5, 0.6) is 0 Å². The van der Waals surface area contributed by atoms with E-state index in [0.29, 0.717) is 12.0 Å². The third kappa shape index (κ3) is 2.59. The summed E-state index contributed by atoms with van der Waals surface area (Å²) in [5, 5.41) is 9.27. The number of aromatic carboxylic acids is 1. The fraction of sp³-hybridized carbons (Fsp3) is 0.188. The molecule has 0 aromatic heterocycles. The van der Waals surface area contributed by atoms with Gasteiger partial charge in [0.15, 0.2) is 0 Å². The Labute approximate surface area is 107 Å². The van der Waals surface area contributed by atoms with Gasteiger partial charge >= 0.3 is 5.97 Å². The van der Waals surface area contributed by atoms with E-state index in [0.717, 1.165) is 16.7 Å². The van der Waals surface area contributed by atoms with Gasteiger partial charge in [0, 0.05) is 0 Å². The number of hydrogen-bond acceptors (Lipinski definition) is 1. The van der Waals surface area contributed by atoms with Gasteiger partial charge in [-0.2, -0.15) is 0 Å². The standard InChI is InChI=1S/C16H16O2/c1-11-6-8-13(9-7-11)10-14-5-3-4-12(2)15(14)16(17)18/h3-9H,10H2,1-2H3,(H,17,18). The van der Waals surface area contributed by atoms with Gasteiger partial charge in [0.05, 0.1) is 5.56 Å². The summed E-state index contributed by atoms with van der Waals surface area (Å²) in [6.45, 7) is 3.88. The summed E-state index contributed by atoms with van der Waals surface area (Å²) in [7, 11) is 0. The monoisotopic (exact) mass is 240 g/mol. The number of hydrogen-bond donors (Lipinski definition) is 1. The molecule has 2 aromatic carbocycles. The van der Waals surface area contributed by atoms with Gasteiger partial charge in [-0.25, -0.2) is 4.79 Å². The molecule has 0 unspecified atom stereocenters. The number of carbonyl (C=O) groups is 1. The van der Waals surface area contributed by atoms with Gasteiger partial charge in [-0.15, -0.1) is 0 Å². The Morgan fingerprint density at radius 1 is 1.06 bits per heavy atom. The van der Waals surface area contributed by atoms with Gasteiger partial charge in [0.1, 0.15) is 0 Å². The summed E-state index contributed by atoms with van der Waals surface area (Å²) >= 11 is 0. The molecule has 0 aliphatic carbocycles. The Morgan fingerprint density at radius 3 is 2.33 bits per heavy atom. The molecule has 1 N–H and O–H groups in total. The normalized spacial score (nSPS) is 10.3. The highest BCUT2D eigenvalue weighted by Crippen LogP contribution is 2.18. The van der Waals surface area contributed by atoms with E-state index >= 15 is 0 Å². The molecular weight excluding hydrogens is 224 g/mol. The molecule has 0 saturated carbocycles. The molecule has 18 heavy (non-hydrogen) atoms. The number of benzene rings is 2. The maximum Gasteiger partial charge on any atom is 0.336 e. The lowest BCUT2D eigenvalue weighted by molar-refractivity contribution is 0.0695. The highest BCUT2D eigenvalue weighted by atomic mass is 16.4. The molecule has 2 aromatic rings. The van der Waals surface area contributed by atoms with Crippen molar-refractivity contribution in [2.24, 2.45) is 0 Å². The quantitative estimate of drug-likeness (QED) is 0.890. The smallest absolute Gasteiger partial charge is 0.336 e. The fourth-order valence-corrected chi connectivity index (χ4v) is 2.11. The second kappa shape index (κ2) is 5.05. The van der Waals surface area contributed by atoms with Crippen molar-refractivity contribution in [3.63, 3.8) is 0 Å². The summed E-state index contributed by atoms with van der Waals surface area (Å²) in [5.41, 5.74) is 4.45. The van der Waals surface area contributed by atoms with E-state index < -0.39 is 5.97 Å². The third-order valence-electron chi connectivity index (χ3n) is 3.09. The number of rotatable bonds is 3. The van der Waals surface area contributed by atoms with E-state index in [4.69, 9.17) is 0 Å². The van der Waals surface area contributed by atoms with Gasteiger partial charge in [-0.05, 0) is 37.0 Å². The minimum Gasteiger partial charge on any atom is -0.478 e. The predicted molar refractivity (Wildman–Crippen MR) is 72.1 cm³/mol. The van der Waals surface area contributed by atoms with Gasteiger partial charge < -0.3 is 5.11 Å². The van der Waals surface area contributed by atoms with E-state index in [9.17, 15) is 9.90 Å². The molecule has 0 heterocycles. The second-order valence-electron chi connectivity index (χ2n) is 4.58. The molecule has 0 spiro atoms. The number of aryl methyl sites for hydroxylation is 2. The van der Waals surface area contributed by atoms with Crippen LogP contribution in [0.2, 0.25) is 0 Å². The summed E-state index contributed by atoms with van der Waals surface area (Å²) in [5.74, 6) is -0.852. The first-order valence-electron chi connectivity index (χ1n) is 5.95. The molecule has 0 aliphatic heterocycles. The molecule has 0 fully saturated rings. The molecule has 2 nitrogen and oxygen atoms in total. The van der Waals surface area contributed by atoms with Crippen molar-refractivity contribution in [2.75, 3.05) is 0 Å². The average Bonchev–Trinajstić information content (AvgIpc) is 2.32. The molecule has 92 valence electrons. The SMILES string of the molecule is Cc1ccc(Cc2cccc(C)c2C(=O)O)cc1. The Balaban J connectivity index is 2.37. The van der Waals surface area contributed by atoms with Gasteiger partial charge in [-0.3, -0.25) is 0 Å². The molecule has 2 rings (SSSR count). The summed E-state index contributed by atoms with van der Waals surface area (Å²) in [4.78, 5) is 11.3. The van der Waals surface area contributed by atoms with Gasteiger partial charge in [-0.1, -0.05) is 48.0 Å². The summed E-state index contributed by atoms with van der Waals surface area (Å²) < 4.78 is 0. The third-order valence-corrected chi connectivity index (χ3v) is 3.09. The van der Waals surface area contributed by atoms with Crippen LogP contribution in [0.4, 0.5) is 0 Å². The van der Waals surface area contributed by atoms with Gasteiger partial charge in [0.2, 0.25) is 0 Å². The van der Waals surface area contributed by atoms with Crippen LogP contribution >= 0.6 is 0 Å². The minimum absolute atomic E-state index is 0.429. The lowest BCUT2D eigenvalue weighted by Crippen LogP contribution is -2.05. The van der Waals surface area contributed by atoms with E-state index in [-0.39, 0.29) is 0 Å². The van der Waals surface area contributed by atoms with Crippen molar-refractivity contribution in [1.82, 2.24) is 0 Å². The first kappa shape index (κ1) is 12.4. The van der Waals surface area contributed by atoms with Crippen LogP contribution < -0.4 is 0 Å². The largest absolute Gasteiger partial charge is 0.478 e. The lowest BCUT2D eigenvalue weighted by atomic mass is 9.96. The van der Waals surface area contributed by atoms with Crippen LogP contribution in [0, 0.1) is 13.8 Å². The van der Waals surface area contributed by atoms with E-state index in [1.165, 1.54) is 5.56 Å². The van der Waals surface area contributed by atoms with Crippen molar-refractivity contribution in [3.05, 3.63) is 70.3 Å². The second-order valence-corrected chi connectivity index (χ2v) is 4.58. The van der Waals surface area contributed by atoms with E-state index in [1.54, 1.807) is 0 Å². The average molecular weight is 240 g/mol. The molecule has 0 atom stereocenters. The molecule has 0 saturated heterocycles. The Morgan fingerprint density at radius 2 is 1.72 bits per heavy atom.